The molecule has 7 nitrogen and oxygen atoms in total. The number of aromatic nitrogens is 1. The van der Waals surface area contributed by atoms with Crippen LogP contribution >= 0.6 is 0 Å². The van der Waals surface area contributed by atoms with Crippen LogP contribution in [-0.2, 0) is 4.74 Å². The van der Waals surface area contributed by atoms with Crippen molar-refractivity contribution in [3.05, 3.63) is 29.6 Å². The lowest BCUT2D eigenvalue weighted by molar-refractivity contribution is 0.0510. The molecule has 0 atom stereocenters. The average Bonchev–Trinajstić information content (AvgIpc) is 3.21. The smallest absolute Gasteiger partial charge is 0.272 e. The summed E-state index contributed by atoms with van der Waals surface area (Å²) >= 11 is 0. The van der Waals surface area contributed by atoms with Gasteiger partial charge in [-0.25, -0.2) is 4.98 Å². The van der Waals surface area contributed by atoms with E-state index in [9.17, 15) is 9.59 Å². The number of nitrogens with zero attached hydrogens (tertiary/aromatic N) is 2. The van der Waals surface area contributed by atoms with Gasteiger partial charge in [0.2, 0.25) is 0 Å². The first-order chi connectivity index (χ1) is 12.6. The van der Waals surface area contributed by atoms with Crippen LogP contribution in [0.5, 0.6) is 0 Å². The van der Waals surface area contributed by atoms with E-state index in [0.717, 1.165) is 51.9 Å². The standard InChI is InChI=1S/C19H28N4O3/c1-26-14-19(7-9-20-10-8-19)13-21-17(24)15-5-4-6-16(22-15)18(25)23-11-2-3-12-23/h4-6,20H,2-3,7-14H2,1H3,(H,21,24). The van der Waals surface area contributed by atoms with E-state index in [1.807, 2.05) is 0 Å². The van der Waals surface area contributed by atoms with E-state index in [1.54, 1.807) is 30.2 Å². The summed E-state index contributed by atoms with van der Waals surface area (Å²) in [6, 6.07) is 5.05. The minimum Gasteiger partial charge on any atom is -0.384 e. The summed E-state index contributed by atoms with van der Waals surface area (Å²) in [5.41, 5.74) is 0.586. The van der Waals surface area contributed by atoms with E-state index in [2.05, 4.69) is 15.6 Å². The number of carbonyl (C=O) groups is 2. The summed E-state index contributed by atoms with van der Waals surface area (Å²) in [5.74, 6) is -0.332. The Hall–Kier alpha value is -1.99. The van der Waals surface area contributed by atoms with E-state index >= 15 is 0 Å². The monoisotopic (exact) mass is 360 g/mol. The highest BCUT2D eigenvalue weighted by atomic mass is 16.5. The van der Waals surface area contributed by atoms with E-state index < -0.39 is 0 Å². The molecule has 142 valence electrons. The van der Waals surface area contributed by atoms with Gasteiger partial charge in [0.15, 0.2) is 0 Å². The van der Waals surface area contributed by atoms with E-state index in [1.165, 1.54) is 0 Å². The van der Waals surface area contributed by atoms with Gasteiger partial charge in [-0.2, -0.15) is 0 Å². The SMILES string of the molecule is COCC1(CNC(=O)c2cccc(C(=O)N3CCCC3)n2)CCNCC1. The summed E-state index contributed by atoms with van der Waals surface area (Å²) < 4.78 is 5.39. The molecule has 2 fully saturated rings. The first-order valence-corrected chi connectivity index (χ1v) is 9.38. The van der Waals surface area contributed by atoms with Gasteiger partial charge in [0.1, 0.15) is 11.4 Å². The molecule has 0 spiro atoms. The van der Waals surface area contributed by atoms with Crippen LogP contribution in [-0.4, -0.2) is 68.1 Å². The zero-order valence-electron chi connectivity index (χ0n) is 15.4. The molecule has 0 unspecified atom stereocenters. The number of likely N-dealkylation sites (tertiary alicyclic amines) is 1. The van der Waals surface area contributed by atoms with Crippen molar-refractivity contribution in [2.45, 2.75) is 25.7 Å². The number of rotatable bonds is 6. The molecule has 2 aliphatic heterocycles. The second-order valence-electron chi connectivity index (χ2n) is 7.27. The topological polar surface area (TPSA) is 83.6 Å². The summed E-state index contributed by atoms with van der Waals surface area (Å²) in [6.07, 6.45) is 3.98. The second kappa shape index (κ2) is 8.60. The van der Waals surface area contributed by atoms with Crippen LogP contribution < -0.4 is 10.6 Å². The lowest BCUT2D eigenvalue weighted by atomic mass is 9.79. The Kier molecular flexibility index (Phi) is 6.21. The van der Waals surface area contributed by atoms with Crippen molar-refractivity contribution in [1.82, 2.24) is 20.5 Å². The van der Waals surface area contributed by atoms with Crippen molar-refractivity contribution in [3.63, 3.8) is 0 Å². The maximum absolute atomic E-state index is 12.6. The van der Waals surface area contributed by atoms with Gasteiger partial charge in [0.25, 0.3) is 11.8 Å². The molecule has 2 N–H and O–H groups in total. The number of ether oxygens (including phenoxy) is 1. The summed E-state index contributed by atoms with van der Waals surface area (Å²) in [4.78, 5) is 31.1. The van der Waals surface area contributed by atoms with Crippen LogP contribution in [0.4, 0.5) is 0 Å². The molecule has 2 aliphatic rings. The van der Waals surface area contributed by atoms with Gasteiger partial charge in [-0.3, -0.25) is 9.59 Å². The Balaban J connectivity index is 1.64. The van der Waals surface area contributed by atoms with Crippen molar-refractivity contribution in [2.75, 3.05) is 46.4 Å². The molecule has 0 radical (unpaired) electrons. The minimum absolute atomic E-state index is 0.0430. The fraction of sp³-hybridized carbons (Fsp3) is 0.632. The Labute approximate surface area is 154 Å². The average molecular weight is 360 g/mol. The van der Waals surface area contributed by atoms with Gasteiger partial charge in [-0.1, -0.05) is 6.07 Å². The van der Waals surface area contributed by atoms with Crippen LogP contribution in [0.2, 0.25) is 0 Å². The molecular weight excluding hydrogens is 332 g/mol. The minimum atomic E-state index is -0.241. The van der Waals surface area contributed by atoms with Crippen molar-refractivity contribution in [3.8, 4) is 0 Å². The lowest BCUT2D eigenvalue weighted by Gasteiger charge is -2.37. The zero-order valence-corrected chi connectivity index (χ0v) is 15.4. The predicted molar refractivity (Wildman–Crippen MR) is 98.1 cm³/mol. The molecule has 1 aromatic heterocycles. The molecule has 7 heteroatoms. The normalized spacial score (nSPS) is 19.3. The summed E-state index contributed by atoms with van der Waals surface area (Å²) in [7, 11) is 1.70. The maximum Gasteiger partial charge on any atom is 0.272 e. The van der Waals surface area contributed by atoms with Crippen LogP contribution in [0.1, 0.15) is 46.7 Å². The van der Waals surface area contributed by atoms with Crippen molar-refractivity contribution in [1.29, 1.82) is 0 Å². The molecule has 26 heavy (non-hydrogen) atoms. The molecule has 3 heterocycles. The molecule has 0 saturated carbocycles. The van der Waals surface area contributed by atoms with Crippen LogP contribution in [0, 0.1) is 5.41 Å². The molecular formula is C19H28N4O3. The summed E-state index contributed by atoms with van der Waals surface area (Å²) in [6.45, 7) is 4.56. The van der Waals surface area contributed by atoms with E-state index in [4.69, 9.17) is 4.74 Å². The van der Waals surface area contributed by atoms with Gasteiger partial charge in [-0.05, 0) is 50.9 Å². The Morgan fingerprint density at radius 3 is 2.62 bits per heavy atom. The molecule has 0 bridgehead atoms. The third kappa shape index (κ3) is 4.40. The Morgan fingerprint density at radius 2 is 1.92 bits per heavy atom. The fourth-order valence-electron chi connectivity index (χ4n) is 3.76. The highest BCUT2D eigenvalue weighted by molar-refractivity contribution is 5.96. The molecule has 1 aromatic rings. The maximum atomic E-state index is 12.6. The number of nitrogens with one attached hydrogen (secondary N) is 2. The van der Waals surface area contributed by atoms with E-state index in [-0.39, 0.29) is 22.9 Å². The van der Waals surface area contributed by atoms with Gasteiger partial charge in [0, 0.05) is 32.2 Å². The third-order valence-corrected chi connectivity index (χ3v) is 5.33. The fourth-order valence-corrected chi connectivity index (χ4v) is 3.76. The molecule has 3 rings (SSSR count). The molecule has 2 amide bonds. The molecule has 0 aliphatic carbocycles. The number of hydrogen-bond acceptors (Lipinski definition) is 5. The quantitative estimate of drug-likeness (QED) is 0.793. The Bertz CT molecular complexity index is 632. The van der Waals surface area contributed by atoms with E-state index in [0.29, 0.717) is 18.8 Å². The highest BCUT2D eigenvalue weighted by Gasteiger charge is 2.32. The van der Waals surface area contributed by atoms with Gasteiger partial charge in [0.05, 0.1) is 6.61 Å². The highest BCUT2D eigenvalue weighted by Crippen LogP contribution is 2.28. The zero-order chi connectivity index (χ0) is 18.4. The number of hydrogen-bond donors (Lipinski definition) is 2. The summed E-state index contributed by atoms with van der Waals surface area (Å²) in [5, 5.41) is 6.34. The number of piperidine rings is 1. The first-order valence-electron chi connectivity index (χ1n) is 9.38. The van der Waals surface area contributed by atoms with Crippen molar-refractivity contribution < 1.29 is 14.3 Å². The largest absolute Gasteiger partial charge is 0.384 e. The van der Waals surface area contributed by atoms with Crippen LogP contribution in [0.3, 0.4) is 0 Å². The first kappa shape index (κ1) is 18.8. The van der Waals surface area contributed by atoms with Crippen molar-refractivity contribution in [2.24, 2.45) is 5.41 Å². The number of pyridine rings is 1. The number of amides is 2. The molecule has 0 aromatic carbocycles. The van der Waals surface area contributed by atoms with Crippen LogP contribution in [0.15, 0.2) is 18.2 Å². The number of carbonyl (C=O) groups excluding carboxylic acids is 2. The second-order valence-corrected chi connectivity index (χ2v) is 7.27. The molecule has 2 saturated heterocycles. The number of methoxy groups -OCH3 is 1. The third-order valence-electron chi connectivity index (χ3n) is 5.33. The Morgan fingerprint density at radius 1 is 1.23 bits per heavy atom. The van der Waals surface area contributed by atoms with Crippen molar-refractivity contribution >= 4 is 11.8 Å². The van der Waals surface area contributed by atoms with Gasteiger partial charge >= 0.3 is 0 Å². The predicted octanol–water partition coefficient (Wildman–Crippen LogP) is 1.06. The van der Waals surface area contributed by atoms with Crippen LogP contribution in [0.25, 0.3) is 0 Å². The lowest BCUT2D eigenvalue weighted by Crippen LogP contribution is -2.47. The van der Waals surface area contributed by atoms with Gasteiger partial charge < -0.3 is 20.3 Å². The van der Waals surface area contributed by atoms with Gasteiger partial charge in [-0.15, -0.1) is 0 Å².